The van der Waals surface area contributed by atoms with Crippen molar-refractivity contribution in [2.75, 3.05) is 17.7 Å². The average molecular weight is 487 g/mol. The SMILES string of the molecule is COc1c(Nc2nc(Nc3ccccn3)ncc2C(N)=O)cccc1-c1nnc(C2CCCCC2)o1. The van der Waals surface area contributed by atoms with Crippen molar-refractivity contribution in [3.05, 3.63) is 60.2 Å². The van der Waals surface area contributed by atoms with Crippen LogP contribution in [-0.4, -0.2) is 38.2 Å². The Hall–Kier alpha value is -4.54. The monoisotopic (exact) mass is 486 g/mol. The van der Waals surface area contributed by atoms with Gasteiger partial charge in [-0.15, -0.1) is 10.2 Å². The number of aromatic nitrogens is 5. The molecule has 5 rings (SSSR count). The van der Waals surface area contributed by atoms with Gasteiger partial charge in [0.25, 0.3) is 11.8 Å². The van der Waals surface area contributed by atoms with Gasteiger partial charge in [-0.2, -0.15) is 4.98 Å². The Morgan fingerprint density at radius 2 is 1.92 bits per heavy atom. The predicted molar refractivity (Wildman–Crippen MR) is 133 cm³/mol. The molecular weight excluding hydrogens is 460 g/mol. The summed E-state index contributed by atoms with van der Waals surface area (Å²) in [6, 6.07) is 10.9. The van der Waals surface area contributed by atoms with Crippen LogP contribution in [0.3, 0.4) is 0 Å². The molecule has 0 atom stereocenters. The van der Waals surface area contributed by atoms with E-state index in [1.807, 2.05) is 18.2 Å². The Labute approximate surface area is 207 Å². The number of methoxy groups -OCH3 is 1. The molecule has 11 nitrogen and oxygen atoms in total. The van der Waals surface area contributed by atoms with Crippen molar-refractivity contribution < 1.29 is 13.9 Å². The topological polar surface area (TPSA) is 154 Å². The van der Waals surface area contributed by atoms with Crippen molar-refractivity contribution in [2.45, 2.75) is 38.0 Å². The van der Waals surface area contributed by atoms with Gasteiger partial charge >= 0.3 is 0 Å². The predicted octanol–water partition coefficient (Wildman–Crippen LogP) is 4.56. The minimum absolute atomic E-state index is 0.117. The fraction of sp³-hybridized carbons (Fsp3) is 0.280. The first-order valence-electron chi connectivity index (χ1n) is 11.7. The van der Waals surface area contributed by atoms with E-state index >= 15 is 0 Å². The summed E-state index contributed by atoms with van der Waals surface area (Å²) in [4.78, 5) is 24.9. The highest BCUT2D eigenvalue weighted by molar-refractivity contribution is 5.98. The molecule has 0 spiro atoms. The summed E-state index contributed by atoms with van der Waals surface area (Å²) in [7, 11) is 1.55. The third-order valence-electron chi connectivity index (χ3n) is 6.06. The normalized spacial score (nSPS) is 13.8. The summed E-state index contributed by atoms with van der Waals surface area (Å²) in [6.07, 6.45) is 8.69. The minimum atomic E-state index is -0.675. The third kappa shape index (κ3) is 4.95. The number of nitrogens with one attached hydrogen (secondary N) is 2. The van der Waals surface area contributed by atoms with Crippen molar-refractivity contribution in [1.29, 1.82) is 0 Å². The van der Waals surface area contributed by atoms with E-state index in [-0.39, 0.29) is 23.2 Å². The lowest BCUT2D eigenvalue weighted by Gasteiger charge is -2.17. The molecule has 1 saturated carbocycles. The number of nitrogens with two attached hydrogens (primary N) is 1. The van der Waals surface area contributed by atoms with E-state index in [0.29, 0.717) is 34.6 Å². The summed E-state index contributed by atoms with van der Waals surface area (Å²) >= 11 is 0. The first-order valence-corrected chi connectivity index (χ1v) is 11.7. The molecule has 3 aromatic heterocycles. The first kappa shape index (κ1) is 23.2. The van der Waals surface area contributed by atoms with Gasteiger partial charge in [0.2, 0.25) is 11.8 Å². The van der Waals surface area contributed by atoms with Crippen LogP contribution < -0.4 is 21.1 Å². The van der Waals surface area contributed by atoms with Gasteiger partial charge in [-0.25, -0.2) is 9.97 Å². The number of nitrogens with zero attached hydrogens (tertiary/aromatic N) is 5. The van der Waals surface area contributed by atoms with Crippen LogP contribution in [0, 0.1) is 0 Å². The number of rotatable bonds is 8. The van der Waals surface area contributed by atoms with Crippen LogP contribution in [0.4, 0.5) is 23.3 Å². The third-order valence-corrected chi connectivity index (χ3v) is 6.06. The average Bonchev–Trinajstić information content (AvgIpc) is 3.40. The molecule has 0 bridgehead atoms. The van der Waals surface area contributed by atoms with Gasteiger partial charge in [-0.3, -0.25) is 4.79 Å². The standard InChI is InChI=1S/C25H26N8O3/c1-35-20-16(24-33-32-23(36-24)15-8-3-2-4-9-15)10-7-11-18(20)29-22-17(21(26)34)14-28-25(31-22)30-19-12-5-6-13-27-19/h5-7,10-15H,2-4,8-9H2,1H3,(H2,26,34)(H2,27,28,29,30,31). The molecule has 3 heterocycles. The fourth-order valence-corrected chi connectivity index (χ4v) is 4.28. The number of hydrogen-bond acceptors (Lipinski definition) is 10. The van der Waals surface area contributed by atoms with Crippen molar-refractivity contribution >= 4 is 29.2 Å². The maximum atomic E-state index is 12.1. The van der Waals surface area contributed by atoms with Gasteiger partial charge in [-0.05, 0) is 37.1 Å². The summed E-state index contributed by atoms with van der Waals surface area (Å²) in [5.41, 5.74) is 6.86. The molecule has 4 aromatic rings. The Balaban J connectivity index is 1.46. The van der Waals surface area contributed by atoms with E-state index in [1.165, 1.54) is 25.5 Å². The number of ether oxygens (including phenoxy) is 1. The molecule has 0 saturated heterocycles. The van der Waals surface area contributed by atoms with Gasteiger partial charge in [-0.1, -0.05) is 31.4 Å². The van der Waals surface area contributed by atoms with Crippen LogP contribution in [0.1, 0.15) is 54.3 Å². The van der Waals surface area contributed by atoms with E-state index in [9.17, 15) is 4.79 Å². The van der Waals surface area contributed by atoms with E-state index < -0.39 is 5.91 Å². The molecule has 1 aliphatic rings. The zero-order chi connectivity index (χ0) is 24.9. The first-order chi connectivity index (χ1) is 17.6. The highest BCUT2D eigenvalue weighted by Crippen LogP contribution is 2.39. The summed E-state index contributed by atoms with van der Waals surface area (Å²) in [6.45, 7) is 0. The van der Waals surface area contributed by atoms with E-state index in [4.69, 9.17) is 14.9 Å². The second-order valence-electron chi connectivity index (χ2n) is 8.45. The number of anilines is 4. The van der Waals surface area contributed by atoms with Gasteiger partial charge in [0.15, 0.2) is 5.75 Å². The molecular formula is C25H26N8O3. The number of benzene rings is 1. The maximum absolute atomic E-state index is 12.1. The largest absolute Gasteiger partial charge is 0.494 e. The van der Waals surface area contributed by atoms with E-state index in [0.717, 1.165) is 12.8 Å². The van der Waals surface area contributed by atoms with Crippen molar-refractivity contribution in [3.8, 4) is 17.2 Å². The highest BCUT2D eigenvalue weighted by atomic mass is 16.5. The van der Waals surface area contributed by atoms with E-state index in [2.05, 4.69) is 35.8 Å². The van der Waals surface area contributed by atoms with Crippen LogP contribution in [0.5, 0.6) is 5.75 Å². The van der Waals surface area contributed by atoms with Gasteiger partial charge in [0, 0.05) is 18.3 Å². The number of hydrogen-bond donors (Lipinski definition) is 3. The van der Waals surface area contributed by atoms with Crippen molar-refractivity contribution in [2.24, 2.45) is 5.73 Å². The summed E-state index contributed by atoms with van der Waals surface area (Å²) in [5.74, 6) is 2.10. The smallest absolute Gasteiger partial charge is 0.254 e. The number of carbonyl (C=O) groups is 1. The van der Waals surface area contributed by atoms with Gasteiger partial charge in [0.05, 0.1) is 18.4 Å². The highest BCUT2D eigenvalue weighted by Gasteiger charge is 2.24. The Morgan fingerprint density at radius 3 is 2.67 bits per heavy atom. The van der Waals surface area contributed by atoms with Crippen LogP contribution >= 0.6 is 0 Å². The lowest BCUT2D eigenvalue weighted by Crippen LogP contribution is -2.16. The fourth-order valence-electron chi connectivity index (χ4n) is 4.28. The van der Waals surface area contributed by atoms with Crippen LogP contribution in [0.2, 0.25) is 0 Å². The van der Waals surface area contributed by atoms with Crippen molar-refractivity contribution in [1.82, 2.24) is 25.1 Å². The lowest BCUT2D eigenvalue weighted by atomic mass is 9.89. The number of carbonyl (C=O) groups excluding carboxylic acids is 1. The Bertz CT molecular complexity index is 1350. The van der Waals surface area contributed by atoms with Crippen molar-refractivity contribution in [3.63, 3.8) is 0 Å². The number of pyridine rings is 1. The second kappa shape index (κ2) is 10.4. The summed E-state index contributed by atoms with van der Waals surface area (Å²) in [5, 5.41) is 14.7. The molecule has 184 valence electrons. The van der Waals surface area contributed by atoms with Gasteiger partial charge in [0.1, 0.15) is 17.2 Å². The number of primary amides is 1. The van der Waals surface area contributed by atoms with Crippen LogP contribution in [0.25, 0.3) is 11.5 Å². The van der Waals surface area contributed by atoms with Crippen LogP contribution in [-0.2, 0) is 0 Å². The summed E-state index contributed by atoms with van der Waals surface area (Å²) < 4.78 is 11.8. The second-order valence-corrected chi connectivity index (χ2v) is 8.45. The maximum Gasteiger partial charge on any atom is 0.254 e. The molecule has 4 N–H and O–H groups in total. The lowest BCUT2D eigenvalue weighted by molar-refractivity contribution is 0.100. The molecule has 0 radical (unpaired) electrons. The molecule has 1 amide bonds. The van der Waals surface area contributed by atoms with Crippen LogP contribution in [0.15, 0.2) is 53.2 Å². The molecule has 36 heavy (non-hydrogen) atoms. The molecule has 0 aliphatic heterocycles. The quantitative estimate of drug-likeness (QED) is 0.323. The molecule has 1 fully saturated rings. The molecule has 0 unspecified atom stereocenters. The molecule has 1 aromatic carbocycles. The van der Waals surface area contributed by atoms with E-state index in [1.54, 1.807) is 31.5 Å². The molecule has 11 heteroatoms. The zero-order valence-electron chi connectivity index (χ0n) is 19.8. The Kier molecular flexibility index (Phi) is 6.69. The minimum Gasteiger partial charge on any atom is -0.494 e. The Morgan fingerprint density at radius 1 is 1.06 bits per heavy atom. The number of para-hydroxylation sites is 1. The number of amides is 1. The molecule has 1 aliphatic carbocycles. The van der Waals surface area contributed by atoms with Gasteiger partial charge < -0.3 is 25.5 Å². The zero-order valence-corrected chi connectivity index (χ0v) is 19.8.